The zero-order valence-electron chi connectivity index (χ0n) is 34.6. The van der Waals surface area contributed by atoms with Gasteiger partial charge < -0.3 is 13.6 Å². The smallest absolute Gasteiger partial charge is 0.230 e. The fraction of sp³-hybridized carbons (Fsp3) is 0. The maximum absolute atomic E-state index is 7.12. The van der Waals surface area contributed by atoms with Gasteiger partial charge >= 0.3 is 0 Å². The van der Waals surface area contributed by atoms with Gasteiger partial charge in [0.15, 0.2) is 5.58 Å². The van der Waals surface area contributed by atoms with Crippen molar-refractivity contribution >= 4 is 126 Å². The highest BCUT2D eigenvalue weighted by Gasteiger charge is 2.48. The van der Waals surface area contributed by atoms with E-state index in [4.69, 9.17) is 14.4 Å². The third-order valence-corrected chi connectivity index (χ3v) is 19.3. The van der Waals surface area contributed by atoms with Gasteiger partial charge in [-0.25, -0.2) is 0 Å². The van der Waals surface area contributed by atoms with Gasteiger partial charge in [0.1, 0.15) is 5.58 Å². The topological polar surface area (TPSA) is 74.6 Å². The largest absolute Gasteiger partial charge is 0.455 e. The zero-order valence-corrected chi connectivity index (χ0v) is 36.4. The van der Waals surface area contributed by atoms with Crippen LogP contribution in [-0.2, 0) is 0 Å². The average Bonchev–Trinajstić information content (AvgIpc) is 4.13. The van der Waals surface area contributed by atoms with E-state index in [9.17, 15) is 0 Å². The maximum atomic E-state index is 7.12. The van der Waals surface area contributed by atoms with Gasteiger partial charge in [-0.05, 0) is 83.2 Å². The SMILES string of the molecule is c1ccc([Si](c2ccccc2)(c2nccc3c2oc2ccc(-n4c5ccccc5c5ccncc54)cc23)c2nccc3c2sc2ccc(-n4c5ccccc5c5ccncc54)cc23)cc1. The Balaban J connectivity index is 1.04. The summed E-state index contributed by atoms with van der Waals surface area (Å²) in [4.78, 5) is 20.0. The minimum atomic E-state index is -3.37. The van der Waals surface area contributed by atoms with Crippen LogP contribution in [0, 0.1) is 0 Å². The van der Waals surface area contributed by atoms with Crippen LogP contribution in [0.25, 0.3) is 97.1 Å². The van der Waals surface area contributed by atoms with Crippen molar-refractivity contribution in [1.82, 2.24) is 29.1 Å². The lowest BCUT2D eigenvalue weighted by Crippen LogP contribution is -2.76. The van der Waals surface area contributed by atoms with E-state index in [0.717, 1.165) is 70.7 Å². The van der Waals surface area contributed by atoms with E-state index in [2.05, 4.69) is 189 Å². The molecule has 0 spiro atoms. The first-order valence-electron chi connectivity index (χ1n) is 21.7. The lowest BCUT2D eigenvalue weighted by molar-refractivity contribution is 0.670. The average molecular weight is 867 g/mol. The maximum Gasteiger partial charge on any atom is 0.230 e. The summed E-state index contributed by atoms with van der Waals surface area (Å²) in [6.45, 7) is 0. The third-order valence-electron chi connectivity index (χ3n) is 13.3. The van der Waals surface area contributed by atoms with E-state index >= 15 is 0 Å². The molecule has 0 aliphatic heterocycles. The number of rotatable bonds is 6. The summed E-state index contributed by atoms with van der Waals surface area (Å²) in [7, 11) is -3.37. The molecule has 0 unspecified atom stereocenters. The molecule has 304 valence electrons. The minimum Gasteiger partial charge on any atom is -0.455 e. The highest BCUT2D eigenvalue weighted by Crippen LogP contribution is 2.39. The number of hydrogen-bond donors (Lipinski definition) is 0. The number of benzene rings is 6. The number of aromatic nitrogens is 6. The molecule has 14 rings (SSSR count). The first-order valence-corrected chi connectivity index (χ1v) is 24.5. The number of nitrogens with zero attached hydrogens (tertiary/aromatic N) is 6. The molecule has 7 nitrogen and oxygen atoms in total. The van der Waals surface area contributed by atoms with Gasteiger partial charge in [0, 0.05) is 84.0 Å². The van der Waals surface area contributed by atoms with E-state index in [1.807, 2.05) is 48.5 Å². The van der Waals surface area contributed by atoms with Crippen molar-refractivity contribution in [3.8, 4) is 11.4 Å². The van der Waals surface area contributed by atoms with Crippen LogP contribution in [-0.4, -0.2) is 37.1 Å². The van der Waals surface area contributed by atoms with Crippen molar-refractivity contribution in [3.05, 3.63) is 207 Å². The third kappa shape index (κ3) is 5.10. The zero-order chi connectivity index (χ0) is 42.6. The Morgan fingerprint density at radius 2 is 0.938 bits per heavy atom. The number of hydrogen-bond acceptors (Lipinski definition) is 6. The summed E-state index contributed by atoms with van der Waals surface area (Å²) in [5.41, 5.74) is 8.15. The van der Waals surface area contributed by atoms with Crippen molar-refractivity contribution < 1.29 is 4.42 Å². The van der Waals surface area contributed by atoms with Crippen LogP contribution < -0.4 is 21.0 Å². The molecule has 8 heterocycles. The minimum absolute atomic E-state index is 0.782. The van der Waals surface area contributed by atoms with E-state index in [0.29, 0.717) is 0 Å². The van der Waals surface area contributed by atoms with Crippen molar-refractivity contribution in [2.45, 2.75) is 0 Å². The molecule has 0 N–H and O–H groups in total. The molecule has 14 aromatic rings. The number of thiophene rings is 1. The highest BCUT2D eigenvalue weighted by atomic mass is 32.1. The van der Waals surface area contributed by atoms with Crippen LogP contribution in [0.2, 0.25) is 0 Å². The summed E-state index contributed by atoms with van der Waals surface area (Å²) in [6.07, 6.45) is 11.6. The summed E-state index contributed by atoms with van der Waals surface area (Å²) in [5.74, 6) is 0. The summed E-state index contributed by atoms with van der Waals surface area (Å²) in [5, 5.41) is 13.5. The molecule has 0 aliphatic carbocycles. The second-order valence-corrected chi connectivity index (χ2v) is 21.3. The number of pyridine rings is 4. The van der Waals surface area contributed by atoms with Crippen molar-refractivity contribution in [2.24, 2.45) is 0 Å². The summed E-state index contributed by atoms with van der Waals surface area (Å²) < 4.78 is 14.1. The second-order valence-electron chi connectivity index (χ2n) is 16.6. The standard InChI is InChI=1S/C56H34N6OSSi/c1-3-11-37(12-4-1)65(38-13-5-2-6-14-38,55-53-43(25-29-59-55)45-31-35(19-21-51(45)63-53)61-47-17-9-7-15-39(47)41-23-27-57-33-49(41)61)56-54-44(26-30-60-56)46-32-36(20-22-52(46)64-54)62-48-18-10-8-16-40(48)42-24-28-58-34-50(42)62/h1-34H. The molecule has 8 aromatic heterocycles. The molecule has 65 heavy (non-hydrogen) atoms. The Bertz CT molecular complexity index is 3830. The Morgan fingerprint density at radius 3 is 1.58 bits per heavy atom. The molecule has 0 saturated carbocycles. The Kier molecular flexibility index (Phi) is 7.74. The number of fused-ring (bicyclic) bond motifs is 12. The van der Waals surface area contributed by atoms with Crippen LogP contribution in [0.4, 0.5) is 0 Å². The second kappa shape index (κ2) is 13.9. The van der Waals surface area contributed by atoms with Crippen LogP contribution in [0.3, 0.4) is 0 Å². The molecule has 6 aromatic carbocycles. The molecule has 0 atom stereocenters. The first-order chi connectivity index (χ1) is 32.3. The predicted octanol–water partition coefficient (Wildman–Crippen LogP) is 11.1. The molecule has 0 amide bonds. The van der Waals surface area contributed by atoms with Gasteiger partial charge in [0.2, 0.25) is 8.07 Å². The van der Waals surface area contributed by atoms with Gasteiger partial charge in [-0.2, -0.15) is 0 Å². The molecule has 0 saturated heterocycles. The van der Waals surface area contributed by atoms with E-state index in [1.165, 1.54) is 47.4 Å². The molecular weight excluding hydrogens is 833 g/mol. The first kappa shape index (κ1) is 36.3. The molecule has 9 heteroatoms. The fourth-order valence-corrected chi connectivity index (χ4v) is 16.8. The van der Waals surface area contributed by atoms with Crippen LogP contribution in [0.15, 0.2) is 211 Å². The van der Waals surface area contributed by atoms with Crippen LogP contribution in [0.1, 0.15) is 0 Å². The van der Waals surface area contributed by atoms with Crippen molar-refractivity contribution in [2.75, 3.05) is 0 Å². The van der Waals surface area contributed by atoms with E-state index < -0.39 is 8.07 Å². The van der Waals surface area contributed by atoms with Crippen LogP contribution in [0.5, 0.6) is 0 Å². The fourth-order valence-electron chi connectivity index (χ4n) is 10.6. The molecular formula is C56H34N6OSSi. The van der Waals surface area contributed by atoms with E-state index in [-0.39, 0.29) is 0 Å². The molecule has 0 bridgehead atoms. The lowest BCUT2D eigenvalue weighted by atomic mass is 10.1. The Labute approximate surface area is 376 Å². The van der Waals surface area contributed by atoms with Gasteiger partial charge in [0.05, 0.1) is 49.8 Å². The number of furan rings is 1. The van der Waals surface area contributed by atoms with Crippen molar-refractivity contribution in [1.29, 1.82) is 0 Å². The monoisotopic (exact) mass is 866 g/mol. The quantitative estimate of drug-likeness (QED) is 0.156. The van der Waals surface area contributed by atoms with Gasteiger partial charge in [-0.15, -0.1) is 11.3 Å². The molecule has 0 fully saturated rings. The Morgan fingerprint density at radius 1 is 0.415 bits per heavy atom. The highest BCUT2D eigenvalue weighted by molar-refractivity contribution is 7.30. The van der Waals surface area contributed by atoms with Gasteiger partial charge in [-0.3, -0.25) is 19.9 Å². The number of para-hydroxylation sites is 2. The normalized spacial score (nSPS) is 12.3. The predicted molar refractivity (Wildman–Crippen MR) is 270 cm³/mol. The van der Waals surface area contributed by atoms with Crippen molar-refractivity contribution in [3.63, 3.8) is 0 Å². The summed E-state index contributed by atoms with van der Waals surface area (Å²) in [6, 6.07) is 60.8. The van der Waals surface area contributed by atoms with E-state index in [1.54, 1.807) is 0 Å². The Hall–Kier alpha value is -8.24. The summed E-state index contributed by atoms with van der Waals surface area (Å²) >= 11 is 1.81. The van der Waals surface area contributed by atoms with Crippen LogP contribution >= 0.6 is 11.3 Å². The molecule has 0 aliphatic rings. The lowest BCUT2D eigenvalue weighted by Gasteiger charge is -2.32. The molecule has 0 radical (unpaired) electrons. The van der Waals surface area contributed by atoms with Gasteiger partial charge in [-0.1, -0.05) is 97.1 Å². The van der Waals surface area contributed by atoms with Gasteiger partial charge in [0.25, 0.3) is 0 Å².